The van der Waals surface area contributed by atoms with E-state index in [1.807, 2.05) is 14.0 Å². The summed E-state index contributed by atoms with van der Waals surface area (Å²) in [6, 6.07) is 9.51. The summed E-state index contributed by atoms with van der Waals surface area (Å²) >= 11 is 0. The molecule has 2 nitrogen and oxygen atoms in total. The number of hydrogen-bond acceptors (Lipinski definition) is 2. The SMILES string of the molecule is CCOCCC(Cc1ccc(C(C)(C)C)cc1)NC. The van der Waals surface area contributed by atoms with Crippen LogP contribution >= 0.6 is 0 Å². The molecule has 2 heteroatoms. The Bertz CT molecular complexity index is 351. The first-order chi connectivity index (χ1) is 8.97. The molecule has 0 saturated heterocycles. The molecule has 1 rings (SSSR count). The highest BCUT2D eigenvalue weighted by molar-refractivity contribution is 5.27. The maximum absolute atomic E-state index is 5.43. The first-order valence-corrected chi connectivity index (χ1v) is 7.31. The molecule has 0 aromatic heterocycles. The molecule has 1 aromatic rings. The summed E-state index contributed by atoms with van der Waals surface area (Å²) in [5.41, 5.74) is 3.02. The van der Waals surface area contributed by atoms with E-state index in [0.29, 0.717) is 6.04 Å². The number of ether oxygens (including phenoxy) is 1. The second-order valence-electron chi connectivity index (χ2n) is 6.12. The van der Waals surface area contributed by atoms with Crippen LogP contribution in [0, 0.1) is 0 Å². The number of benzene rings is 1. The molecular formula is C17H29NO. The van der Waals surface area contributed by atoms with Gasteiger partial charge in [-0.3, -0.25) is 0 Å². The Morgan fingerprint density at radius 2 is 1.79 bits per heavy atom. The summed E-state index contributed by atoms with van der Waals surface area (Å²) in [6.07, 6.45) is 2.12. The van der Waals surface area contributed by atoms with E-state index in [2.05, 4.69) is 50.4 Å². The van der Waals surface area contributed by atoms with Crippen molar-refractivity contribution in [3.63, 3.8) is 0 Å². The Morgan fingerprint density at radius 1 is 1.16 bits per heavy atom. The van der Waals surface area contributed by atoms with Crippen LogP contribution in [0.25, 0.3) is 0 Å². The molecule has 1 N–H and O–H groups in total. The normalized spacial score (nSPS) is 13.5. The Kier molecular flexibility index (Phi) is 6.53. The van der Waals surface area contributed by atoms with Crippen molar-refractivity contribution in [1.82, 2.24) is 5.32 Å². The summed E-state index contributed by atoms with van der Waals surface area (Å²) < 4.78 is 5.43. The number of nitrogens with one attached hydrogen (secondary N) is 1. The smallest absolute Gasteiger partial charge is 0.0480 e. The van der Waals surface area contributed by atoms with Gasteiger partial charge in [0, 0.05) is 19.3 Å². The van der Waals surface area contributed by atoms with Gasteiger partial charge in [-0.05, 0) is 43.4 Å². The minimum absolute atomic E-state index is 0.232. The molecule has 0 bridgehead atoms. The first kappa shape index (κ1) is 16.2. The van der Waals surface area contributed by atoms with Crippen molar-refractivity contribution in [2.75, 3.05) is 20.3 Å². The second kappa shape index (κ2) is 7.66. The highest BCUT2D eigenvalue weighted by atomic mass is 16.5. The summed E-state index contributed by atoms with van der Waals surface area (Å²) in [5.74, 6) is 0. The Morgan fingerprint density at radius 3 is 2.26 bits per heavy atom. The molecule has 1 aromatic carbocycles. The average Bonchev–Trinajstić information content (AvgIpc) is 2.37. The molecule has 108 valence electrons. The molecule has 0 aliphatic heterocycles. The van der Waals surface area contributed by atoms with Gasteiger partial charge in [-0.15, -0.1) is 0 Å². The predicted molar refractivity (Wildman–Crippen MR) is 82.8 cm³/mol. The van der Waals surface area contributed by atoms with Crippen molar-refractivity contribution in [2.24, 2.45) is 0 Å². The molecule has 0 saturated carbocycles. The molecule has 0 amide bonds. The molecule has 1 atom stereocenters. The lowest BCUT2D eigenvalue weighted by Crippen LogP contribution is -2.29. The fraction of sp³-hybridized carbons (Fsp3) is 0.647. The number of hydrogen-bond donors (Lipinski definition) is 1. The zero-order valence-corrected chi connectivity index (χ0v) is 13.1. The summed E-state index contributed by atoms with van der Waals surface area (Å²) in [4.78, 5) is 0. The fourth-order valence-electron chi connectivity index (χ4n) is 2.14. The van der Waals surface area contributed by atoms with E-state index in [4.69, 9.17) is 4.74 Å². The largest absolute Gasteiger partial charge is 0.382 e. The quantitative estimate of drug-likeness (QED) is 0.760. The van der Waals surface area contributed by atoms with Crippen LogP contribution in [0.2, 0.25) is 0 Å². The summed E-state index contributed by atoms with van der Waals surface area (Å²) in [7, 11) is 2.03. The van der Waals surface area contributed by atoms with Gasteiger partial charge in [-0.2, -0.15) is 0 Å². The van der Waals surface area contributed by atoms with E-state index in [-0.39, 0.29) is 5.41 Å². The van der Waals surface area contributed by atoms with Crippen LogP contribution in [-0.2, 0) is 16.6 Å². The Labute approximate surface area is 118 Å². The van der Waals surface area contributed by atoms with Gasteiger partial charge >= 0.3 is 0 Å². The summed E-state index contributed by atoms with van der Waals surface area (Å²) in [6.45, 7) is 10.4. The average molecular weight is 263 g/mol. The van der Waals surface area contributed by atoms with Gasteiger partial charge in [0.05, 0.1) is 0 Å². The van der Waals surface area contributed by atoms with Crippen LogP contribution < -0.4 is 5.32 Å². The van der Waals surface area contributed by atoms with Crippen molar-refractivity contribution in [2.45, 2.75) is 52.0 Å². The lowest BCUT2D eigenvalue weighted by molar-refractivity contribution is 0.137. The van der Waals surface area contributed by atoms with Crippen molar-refractivity contribution in [3.8, 4) is 0 Å². The Hall–Kier alpha value is -0.860. The van der Waals surface area contributed by atoms with Gasteiger partial charge < -0.3 is 10.1 Å². The highest BCUT2D eigenvalue weighted by Gasteiger charge is 2.13. The Balaban J connectivity index is 2.55. The minimum atomic E-state index is 0.232. The molecule has 0 radical (unpaired) electrons. The lowest BCUT2D eigenvalue weighted by Gasteiger charge is -2.20. The van der Waals surface area contributed by atoms with Crippen LogP contribution in [0.3, 0.4) is 0 Å². The third-order valence-corrected chi connectivity index (χ3v) is 3.53. The number of likely N-dealkylation sites (N-methyl/N-ethyl adjacent to an activating group) is 1. The van der Waals surface area contributed by atoms with E-state index >= 15 is 0 Å². The van der Waals surface area contributed by atoms with Crippen LogP contribution in [0.1, 0.15) is 45.2 Å². The van der Waals surface area contributed by atoms with E-state index in [9.17, 15) is 0 Å². The second-order valence-corrected chi connectivity index (χ2v) is 6.12. The van der Waals surface area contributed by atoms with Gasteiger partial charge in [0.15, 0.2) is 0 Å². The van der Waals surface area contributed by atoms with Crippen molar-refractivity contribution in [3.05, 3.63) is 35.4 Å². The lowest BCUT2D eigenvalue weighted by atomic mass is 9.86. The fourth-order valence-corrected chi connectivity index (χ4v) is 2.14. The maximum Gasteiger partial charge on any atom is 0.0480 e. The van der Waals surface area contributed by atoms with E-state index < -0.39 is 0 Å². The molecule has 0 aliphatic rings. The van der Waals surface area contributed by atoms with Crippen LogP contribution in [0.4, 0.5) is 0 Å². The standard InChI is InChI=1S/C17H29NO/c1-6-19-12-11-16(18-5)13-14-7-9-15(10-8-14)17(2,3)4/h7-10,16,18H,6,11-13H2,1-5H3. The third-order valence-electron chi connectivity index (χ3n) is 3.53. The van der Waals surface area contributed by atoms with Crippen LogP contribution in [0.15, 0.2) is 24.3 Å². The molecule has 0 fully saturated rings. The number of rotatable bonds is 7. The van der Waals surface area contributed by atoms with Crippen molar-refractivity contribution < 1.29 is 4.74 Å². The van der Waals surface area contributed by atoms with Gasteiger partial charge in [-0.1, -0.05) is 45.0 Å². The summed E-state index contributed by atoms with van der Waals surface area (Å²) in [5, 5.41) is 3.37. The highest BCUT2D eigenvalue weighted by Crippen LogP contribution is 2.22. The van der Waals surface area contributed by atoms with Crippen LogP contribution in [-0.4, -0.2) is 26.3 Å². The molecule has 0 heterocycles. The van der Waals surface area contributed by atoms with Gasteiger partial charge in [0.25, 0.3) is 0 Å². The zero-order valence-electron chi connectivity index (χ0n) is 13.1. The van der Waals surface area contributed by atoms with E-state index in [0.717, 1.165) is 26.1 Å². The van der Waals surface area contributed by atoms with E-state index in [1.54, 1.807) is 0 Å². The predicted octanol–water partition coefficient (Wildman–Crippen LogP) is 3.54. The molecular weight excluding hydrogens is 234 g/mol. The molecule has 19 heavy (non-hydrogen) atoms. The minimum Gasteiger partial charge on any atom is -0.382 e. The van der Waals surface area contributed by atoms with Gasteiger partial charge in [0.2, 0.25) is 0 Å². The monoisotopic (exact) mass is 263 g/mol. The van der Waals surface area contributed by atoms with E-state index in [1.165, 1.54) is 11.1 Å². The van der Waals surface area contributed by atoms with Gasteiger partial charge in [-0.25, -0.2) is 0 Å². The molecule has 0 aliphatic carbocycles. The molecule has 1 unspecified atom stereocenters. The maximum atomic E-state index is 5.43. The first-order valence-electron chi connectivity index (χ1n) is 7.31. The third kappa shape index (κ3) is 5.75. The molecule has 0 spiro atoms. The topological polar surface area (TPSA) is 21.3 Å². The van der Waals surface area contributed by atoms with Crippen LogP contribution in [0.5, 0.6) is 0 Å². The van der Waals surface area contributed by atoms with Gasteiger partial charge in [0.1, 0.15) is 0 Å². The van der Waals surface area contributed by atoms with Crippen molar-refractivity contribution in [1.29, 1.82) is 0 Å². The van der Waals surface area contributed by atoms with Crippen molar-refractivity contribution >= 4 is 0 Å². The zero-order chi connectivity index (χ0) is 14.3.